The van der Waals surface area contributed by atoms with Crippen LogP contribution < -0.4 is 15.9 Å². The van der Waals surface area contributed by atoms with Gasteiger partial charge in [-0.3, -0.25) is 0 Å². The van der Waals surface area contributed by atoms with E-state index in [4.69, 9.17) is 9.47 Å². The Balaban J connectivity index is 1.90. The highest BCUT2D eigenvalue weighted by Gasteiger charge is 2.53. The Morgan fingerprint density at radius 1 is 0.742 bits per heavy atom. The van der Waals surface area contributed by atoms with Crippen LogP contribution in [0.1, 0.15) is 33.6 Å². The van der Waals surface area contributed by atoms with Gasteiger partial charge in [-0.1, -0.05) is 68.4 Å². The molecule has 0 aromatic heterocycles. The van der Waals surface area contributed by atoms with Gasteiger partial charge in [0.2, 0.25) is 0 Å². The minimum atomic E-state index is -1.90. The zero-order valence-corrected chi connectivity index (χ0v) is 19.8. The smallest absolute Gasteiger partial charge is 0.168 e. The summed E-state index contributed by atoms with van der Waals surface area (Å²) in [5.74, 6) is -0.192. The summed E-state index contributed by atoms with van der Waals surface area (Å²) in [7, 11) is -1.90. The maximum absolute atomic E-state index is 6.07. The predicted molar refractivity (Wildman–Crippen MR) is 133 cm³/mol. The van der Waals surface area contributed by atoms with E-state index in [2.05, 4.69) is 112 Å². The van der Waals surface area contributed by atoms with E-state index in [-0.39, 0.29) is 0 Å². The highest BCUT2D eigenvalue weighted by atomic mass is 31.2. The molecule has 162 valence electrons. The van der Waals surface area contributed by atoms with Crippen molar-refractivity contribution in [3.63, 3.8) is 0 Å². The van der Waals surface area contributed by atoms with Crippen LogP contribution in [0.3, 0.4) is 0 Å². The van der Waals surface area contributed by atoms with Gasteiger partial charge in [-0.05, 0) is 56.2 Å². The van der Waals surface area contributed by atoms with Crippen LogP contribution >= 0.6 is 7.26 Å². The van der Waals surface area contributed by atoms with Crippen molar-refractivity contribution in [3.8, 4) is 0 Å². The van der Waals surface area contributed by atoms with Gasteiger partial charge >= 0.3 is 0 Å². The van der Waals surface area contributed by atoms with Crippen LogP contribution in [0.2, 0.25) is 0 Å². The summed E-state index contributed by atoms with van der Waals surface area (Å²) < 4.78 is 12.1. The second-order valence-corrected chi connectivity index (χ2v) is 12.4. The minimum absolute atomic E-state index is 0.301. The Kier molecular flexibility index (Phi) is 6.92. The van der Waals surface area contributed by atoms with Crippen LogP contribution in [-0.4, -0.2) is 24.7 Å². The lowest BCUT2D eigenvalue weighted by molar-refractivity contribution is -0.178. The first-order chi connectivity index (χ1) is 15.1. The number of hydrogen-bond donors (Lipinski definition) is 0. The lowest BCUT2D eigenvalue weighted by Gasteiger charge is -2.38. The van der Waals surface area contributed by atoms with E-state index in [9.17, 15) is 0 Å². The average Bonchev–Trinajstić information content (AvgIpc) is 3.28. The van der Waals surface area contributed by atoms with Crippen molar-refractivity contribution in [2.24, 2.45) is 5.92 Å². The molecule has 0 radical (unpaired) electrons. The molecule has 1 saturated heterocycles. The zero-order valence-electron chi connectivity index (χ0n) is 18.9. The fraction of sp³-hybridized carbons (Fsp3) is 0.357. The van der Waals surface area contributed by atoms with Gasteiger partial charge in [-0.15, -0.1) is 0 Å². The number of benzene rings is 3. The second-order valence-electron chi connectivity index (χ2n) is 8.64. The zero-order chi connectivity index (χ0) is 21.7. The summed E-state index contributed by atoms with van der Waals surface area (Å²) >= 11 is 0. The highest BCUT2D eigenvalue weighted by Crippen LogP contribution is 2.62. The fourth-order valence-electron chi connectivity index (χ4n) is 5.10. The Morgan fingerprint density at radius 3 is 1.48 bits per heavy atom. The third-order valence-electron chi connectivity index (χ3n) is 6.89. The third kappa shape index (κ3) is 4.22. The van der Waals surface area contributed by atoms with Gasteiger partial charge in [0.1, 0.15) is 23.2 Å². The molecule has 0 aliphatic carbocycles. The average molecular weight is 434 g/mol. The van der Waals surface area contributed by atoms with Crippen LogP contribution in [0, 0.1) is 5.92 Å². The second kappa shape index (κ2) is 9.65. The standard InChI is InChI=1S/C28H34O2P/c1-4-24(22-23(2)28(3)29-20-21-30-28)31(25-14-8-5-9-15-25,26-16-10-6-11-17-26)27-18-12-7-13-19-27/h5-19,23-24H,4,20-22H2,1-3H3/q+1. The first-order valence-electron chi connectivity index (χ1n) is 11.4. The lowest BCUT2D eigenvalue weighted by Crippen LogP contribution is -2.42. The van der Waals surface area contributed by atoms with Gasteiger partial charge in [0.25, 0.3) is 0 Å². The first kappa shape index (κ1) is 22.2. The van der Waals surface area contributed by atoms with Crippen molar-refractivity contribution in [3.05, 3.63) is 91.0 Å². The molecule has 0 bridgehead atoms. The molecular weight excluding hydrogens is 399 g/mol. The van der Waals surface area contributed by atoms with Crippen LogP contribution in [0.5, 0.6) is 0 Å². The molecule has 2 atom stereocenters. The molecule has 4 rings (SSSR count). The summed E-state index contributed by atoms with van der Waals surface area (Å²) in [6.45, 7) is 8.14. The monoisotopic (exact) mass is 433 g/mol. The number of ether oxygens (including phenoxy) is 2. The molecule has 0 saturated carbocycles. The van der Waals surface area contributed by atoms with Crippen LogP contribution in [0.4, 0.5) is 0 Å². The van der Waals surface area contributed by atoms with Gasteiger partial charge in [0, 0.05) is 5.92 Å². The van der Waals surface area contributed by atoms with E-state index in [1.54, 1.807) is 0 Å². The van der Waals surface area contributed by atoms with Crippen molar-refractivity contribution in [2.75, 3.05) is 13.2 Å². The fourth-order valence-corrected chi connectivity index (χ4v) is 10.4. The predicted octanol–water partition coefficient (Wildman–Crippen LogP) is 5.55. The molecule has 1 heterocycles. The largest absolute Gasteiger partial charge is 0.348 e. The topological polar surface area (TPSA) is 18.5 Å². The molecule has 31 heavy (non-hydrogen) atoms. The quantitative estimate of drug-likeness (QED) is 0.434. The van der Waals surface area contributed by atoms with Crippen LogP contribution in [-0.2, 0) is 9.47 Å². The van der Waals surface area contributed by atoms with Gasteiger partial charge in [0.15, 0.2) is 5.79 Å². The molecule has 0 N–H and O–H groups in total. The SMILES string of the molecule is CCC(CC(C)C1(C)OCCO1)[P+](c1ccccc1)(c1ccccc1)c1ccccc1. The van der Waals surface area contributed by atoms with E-state index in [1.807, 2.05) is 0 Å². The van der Waals surface area contributed by atoms with Crippen LogP contribution in [0.15, 0.2) is 91.0 Å². The van der Waals surface area contributed by atoms with Crippen molar-refractivity contribution in [1.29, 1.82) is 0 Å². The van der Waals surface area contributed by atoms with E-state index in [0.717, 1.165) is 12.8 Å². The molecule has 0 spiro atoms. The molecule has 3 aromatic rings. The summed E-state index contributed by atoms with van der Waals surface area (Å²) in [5.41, 5.74) is 0.485. The molecule has 0 amide bonds. The normalized spacial score (nSPS) is 17.9. The molecule has 2 nitrogen and oxygen atoms in total. The Hall–Kier alpha value is -1.99. The molecule has 1 fully saturated rings. The maximum atomic E-state index is 6.07. The number of rotatable bonds is 8. The highest BCUT2D eigenvalue weighted by molar-refractivity contribution is 7.96. The molecule has 1 aliphatic rings. The first-order valence-corrected chi connectivity index (χ1v) is 13.3. The van der Waals surface area contributed by atoms with Gasteiger partial charge in [-0.2, -0.15) is 0 Å². The van der Waals surface area contributed by atoms with E-state index >= 15 is 0 Å². The minimum Gasteiger partial charge on any atom is -0.348 e. The summed E-state index contributed by atoms with van der Waals surface area (Å²) in [6, 6.07) is 33.6. The molecule has 3 aromatic carbocycles. The third-order valence-corrected chi connectivity index (χ3v) is 11.9. The van der Waals surface area contributed by atoms with E-state index in [0.29, 0.717) is 24.8 Å². The Bertz CT molecular complexity index is 840. The lowest BCUT2D eigenvalue weighted by atomic mass is 9.95. The maximum Gasteiger partial charge on any atom is 0.168 e. The van der Waals surface area contributed by atoms with Crippen molar-refractivity contribution >= 4 is 23.2 Å². The molecule has 3 heteroatoms. The molecule has 2 unspecified atom stereocenters. The van der Waals surface area contributed by atoms with E-state index < -0.39 is 13.0 Å². The summed E-state index contributed by atoms with van der Waals surface area (Å²) in [6.07, 6.45) is 2.16. The van der Waals surface area contributed by atoms with Crippen molar-refractivity contribution < 1.29 is 9.47 Å². The summed E-state index contributed by atoms with van der Waals surface area (Å²) in [4.78, 5) is 0. The molecular formula is C28H34O2P+. The van der Waals surface area contributed by atoms with Gasteiger partial charge < -0.3 is 9.47 Å². The Morgan fingerprint density at radius 2 is 1.13 bits per heavy atom. The van der Waals surface area contributed by atoms with E-state index in [1.165, 1.54) is 15.9 Å². The van der Waals surface area contributed by atoms with Gasteiger partial charge in [0.05, 0.1) is 18.9 Å². The van der Waals surface area contributed by atoms with Crippen molar-refractivity contribution in [2.45, 2.75) is 45.1 Å². The Labute approximate surface area is 188 Å². The summed E-state index contributed by atoms with van der Waals surface area (Å²) in [5, 5.41) is 4.35. The molecule has 1 aliphatic heterocycles. The number of hydrogen-bond acceptors (Lipinski definition) is 2. The van der Waals surface area contributed by atoms with Crippen molar-refractivity contribution in [1.82, 2.24) is 0 Å². The van der Waals surface area contributed by atoms with Gasteiger partial charge in [-0.25, -0.2) is 0 Å². The van der Waals surface area contributed by atoms with Crippen LogP contribution in [0.25, 0.3) is 0 Å².